The molecule has 2 aromatic carbocycles. The van der Waals surface area contributed by atoms with Gasteiger partial charge in [-0.25, -0.2) is 8.42 Å². The molecule has 0 unspecified atom stereocenters. The van der Waals surface area contributed by atoms with Crippen molar-refractivity contribution < 1.29 is 13.2 Å². The van der Waals surface area contributed by atoms with Gasteiger partial charge in [0, 0.05) is 11.3 Å². The topological polar surface area (TPSA) is 106 Å². The van der Waals surface area contributed by atoms with Crippen molar-refractivity contribution in [3.8, 4) is 17.0 Å². The van der Waals surface area contributed by atoms with Crippen molar-refractivity contribution in [3.05, 3.63) is 54.7 Å². The first-order valence-corrected chi connectivity index (χ1v) is 9.52. The fourth-order valence-electron chi connectivity index (χ4n) is 2.43. The van der Waals surface area contributed by atoms with Crippen LogP contribution in [0.25, 0.3) is 11.3 Å². The van der Waals surface area contributed by atoms with Crippen LogP contribution in [0.4, 0.5) is 17.1 Å². The third-order valence-corrected chi connectivity index (χ3v) is 4.05. The van der Waals surface area contributed by atoms with Crippen molar-refractivity contribution in [2.75, 3.05) is 23.4 Å². The largest absolute Gasteiger partial charge is 0.496 e. The van der Waals surface area contributed by atoms with E-state index in [9.17, 15) is 8.42 Å². The maximum atomic E-state index is 11.4. The predicted molar refractivity (Wildman–Crippen MR) is 100 cm³/mol. The monoisotopic (exact) mass is 371 g/mol. The Hall–Kier alpha value is -3.20. The standard InChI is InChI=1S/C17H17N5O3S/c1-25-16-9-4-3-8-14(16)17-15(11-18-22-20-17)19-12-6-5-7-13(10-12)21-26(2,23)24/h3-11,21H,1-2H3,(H,19,22). The number of para-hydroxylation sites is 1. The van der Waals surface area contributed by atoms with Gasteiger partial charge in [0.2, 0.25) is 10.0 Å². The highest BCUT2D eigenvalue weighted by molar-refractivity contribution is 7.92. The van der Waals surface area contributed by atoms with E-state index in [0.29, 0.717) is 28.5 Å². The molecule has 0 atom stereocenters. The van der Waals surface area contributed by atoms with Gasteiger partial charge in [-0.2, -0.15) is 0 Å². The molecule has 0 aliphatic rings. The number of nitrogens with zero attached hydrogens (tertiary/aromatic N) is 3. The summed E-state index contributed by atoms with van der Waals surface area (Å²) in [6.45, 7) is 0. The normalized spacial score (nSPS) is 11.0. The van der Waals surface area contributed by atoms with E-state index in [1.165, 1.54) is 0 Å². The quantitative estimate of drug-likeness (QED) is 0.686. The minimum absolute atomic E-state index is 0.450. The summed E-state index contributed by atoms with van der Waals surface area (Å²) in [7, 11) is -1.77. The number of ether oxygens (including phenoxy) is 1. The second-order valence-corrected chi connectivity index (χ2v) is 7.23. The lowest BCUT2D eigenvalue weighted by molar-refractivity contribution is 0.416. The Bertz CT molecular complexity index is 1020. The molecular weight excluding hydrogens is 354 g/mol. The molecule has 3 rings (SSSR count). The summed E-state index contributed by atoms with van der Waals surface area (Å²) in [5, 5.41) is 14.9. The molecule has 0 bridgehead atoms. The molecule has 134 valence electrons. The van der Waals surface area contributed by atoms with Crippen molar-refractivity contribution in [2.45, 2.75) is 0 Å². The van der Waals surface area contributed by atoms with Crippen molar-refractivity contribution in [1.29, 1.82) is 0 Å². The SMILES string of the molecule is COc1ccccc1-c1nnncc1Nc1cccc(NS(C)(=O)=O)c1. The van der Waals surface area contributed by atoms with E-state index in [1.54, 1.807) is 37.6 Å². The number of aromatic nitrogens is 3. The second kappa shape index (κ2) is 7.36. The molecule has 26 heavy (non-hydrogen) atoms. The van der Waals surface area contributed by atoms with Gasteiger partial charge in [0.1, 0.15) is 11.4 Å². The zero-order chi connectivity index (χ0) is 18.6. The average Bonchev–Trinajstić information content (AvgIpc) is 2.61. The third kappa shape index (κ3) is 4.25. The van der Waals surface area contributed by atoms with Gasteiger partial charge in [0.05, 0.1) is 30.9 Å². The molecule has 0 saturated heterocycles. The molecule has 0 spiro atoms. The molecule has 3 aromatic rings. The van der Waals surface area contributed by atoms with Gasteiger partial charge in [0.25, 0.3) is 0 Å². The van der Waals surface area contributed by atoms with Gasteiger partial charge in [0.15, 0.2) is 0 Å². The van der Waals surface area contributed by atoms with Crippen molar-refractivity contribution in [1.82, 2.24) is 15.4 Å². The Morgan fingerprint density at radius 1 is 1.04 bits per heavy atom. The van der Waals surface area contributed by atoms with Gasteiger partial charge < -0.3 is 10.1 Å². The summed E-state index contributed by atoms with van der Waals surface area (Å²) in [5.41, 5.74) is 3.06. The Kier molecular flexibility index (Phi) is 4.99. The summed E-state index contributed by atoms with van der Waals surface area (Å²) >= 11 is 0. The van der Waals surface area contributed by atoms with Gasteiger partial charge in [-0.1, -0.05) is 18.2 Å². The van der Waals surface area contributed by atoms with Crippen molar-refractivity contribution in [2.24, 2.45) is 0 Å². The maximum Gasteiger partial charge on any atom is 0.229 e. The lowest BCUT2D eigenvalue weighted by atomic mass is 10.1. The third-order valence-electron chi connectivity index (χ3n) is 3.45. The second-order valence-electron chi connectivity index (χ2n) is 5.48. The van der Waals surface area contributed by atoms with E-state index in [0.717, 1.165) is 11.8 Å². The fraction of sp³-hybridized carbons (Fsp3) is 0.118. The number of methoxy groups -OCH3 is 1. The average molecular weight is 371 g/mol. The molecule has 8 nitrogen and oxygen atoms in total. The van der Waals surface area contributed by atoms with Gasteiger partial charge in [-0.05, 0) is 35.5 Å². The Morgan fingerprint density at radius 2 is 1.81 bits per heavy atom. The van der Waals surface area contributed by atoms with E-state index < -0.39 is 10.0 Å². The van der Waals surface area contributed by atoms with E-state index in [-0.39, 0.29) is 0 Å². The molecule has 0 radical (unpaired) electrons. The van der Waals surface area contributed by atoms with Crippen LogP contribution in [0, 0.1) is 0 Å². The first-order valence-electron chi connectivity index (χ1n) is 7.63. The maximum absolute atomic E-state index is 11.4. The molecule has 0 saturated carbocycles. The number of hydrogen-bond donors (Lipinski definition) is 2. The van der Waals surface area contributed by atoms with E-state index in [2.05, 4.69) is 25.4 Å². The molecule has 1 heterocycles. The van der Waals surface area contributed by atoms with E-state index in [4.69, 9.17) is 4.74 Å². The van der Waals surface area contributed by atoms with E-state index in [1.807, 2.05) is 24.3 Å². The highest BCUT2D eigenvalue weighted by atomic mass is 32.2. The number of anilines is 3. The van der Waals surface area contributed by atoms with Crippen LogP contribution in [-0.4, -0.2) is 37.2 Å². The summed E-state index contributed by atoms with van der Waals surface area (Å²) in [4.78, 5) is 0. The number of sulfonamides is 1. The Balaban J connectivity index is 1.96. The summed E-state index contributed by atoms with van der Waals surface area (Å²) < 4.78 is 30.6. The molecular formula is C17H17N5O3S. The minimum Gasteiger partial charge on any atom is -0.496 e. The van der Waals surface area contributed by atoms with Crippen LogP contribution in [0.15, 0.2) is 54.7 Å². The van der Waals surface area contributed by atoms with Gasteiger partial charge in [-0.15, -0.1) is 10.2 Å². The smallest absolute Gasteiger partial charge is 0.229 e. The fourth-order valence-corrected chi connectivity index (χ4v) is 2.98. The number of rotatable bonds is 6. The van der Waals surface area contributed by atoms with Crippen molar-refractivity contribution >= 4 is 27.1 Å². The van der Waals surface area contributed by atoms with Crippen LogP contribution >= 0.6 is 0 Å². The summed E-state index contributed by atoms with van der Waals surface area (Å²) in [6, 6.07) is 14.3. The zero-order valence-electron chi connectivity index (χ0n) is 14.2. The molecule has 0 aliphatic heterocycles. The zero-order valence-corrected chi connectivity index (χ0v) is 15.0. The Labute approximate surface area is 151 Å². The summed E-state index contributed by atoms with van der Waals surface area (Å²) in [6.07, 6.45) is 2.65. The highest BCUT2D eigenvalue weighted by Gasteiger charge is 2.13. The van der Waals surface area contributed by atoms with Crippen LogP contribution < -0.4 is 14.8 Å². The van der Waals surface area contributed by atoms with Crippen LogP contribution in [0.5, 0.6) is 5.75 Å². The highest BCUT2D eigenvalue weighted by Crippen LogP contribution is 2.33. The first-order chi connectivity index (χ1) is 12.5. The van der Waals surface area contributed by atoms with Gasteiger partial charge >= 0.3 is 0 Å². The molecule has 0 fully saturated rings. The lowest BCUT2D eigenvalue weighted by Gasteiger charge is -2.13. The van der Waals surface area contributed by atoms with Crippen LogP contribution in [0.1, 0.15) is 0 Å². The molecule has 2 N–H and O–H groups in total. The van der Waals surface area contributed by atoms with Crippen LogP contribution in [-0.2, 0) is 10.0 Å². The lowest BCUT2D eigenvalue weighted by Crippen LogP contribution is -2.09. The summed E-state index contributed by atoms with van der Waals surface area (Å²) in [5.74, 6) is 0.656. The first kappa shape index (κ1) is 17.6. The van der Waals surface area contributed by atoms with Crippen LogP contribution in [0.2, 0.25) is 0 Å². The van der Waals surface area contributed by atoms with Crippen LogP contribution in [0.3, 0.4) is 0 Å². The number of hydrogen-bond acceptors (Lipinski definition) is 7. The number of benzene rings is 2. The van der Waals surface area contributed by atoms with Gasteiger partial charge in [-0.3, -0.25) is 4.72 Å². The minimum atomic E-state index is -3.36. The molecule has 1 aromatic heterocycles. The molecule has 0 aliphatic carbocycles. The van der Waals surface area contributed by atoms with Crippen molar-refractivity contribution in [3.63, 3.8) is 0 Å². The van der Waals surface area contributed by atoms with E-state index >= 15 is 0 Å². The molecule has 9 heteroatoms. The Morgan fingerprint density at radius 3 is 2.58 bits per heavy atom. The number of nitrogens with one attached hydrogen (secondary N) is 2. The molecule has 0 amide bonds. The predicted octanol–water partition coefficient (Wildman–Crippen LogP) is 2.66.